The molecule has 1 atom stereocenters. The van der Waals surface area contributed by atoms with Crippen molar-refractivity contribution in [2.75, 3.05) is 51.9 Å². The third-order valence-electron chi connectivity index (χ3n) is 6.13. The van der Waals surface area contributed by atoms with Gasteiger partial charge in [-0.3, -0.25) is 4.90 Å². The molecule has 2 heterocycles. The summed E-state index contributed by atoms with van der Waals surface area (Å²) < 4.78 is 17.7. The third-order valence-corrected chi connectivity index (χ3v) is 6.87. The number of unbranched alkanes of at least 4 members (excludes halogenated alkanes) is 3. The number of anilines is 2. The van der Waals surface area contributed by atoms with Crippen LogP contribution in [0.5, 0.6) is 11.5 Å². The Morgan fingerprint density at radius 1 is 1.08 bits per heavy atom. The maximum atomic E-state index is 8.92. The van der Waals surface area contributed by atoms with Gasteiger partial charge in [0.25, 0.3) is 0 Å². The van der Waals surface area contributed by atoms with E-state index in [1.165, 1.54) is 6.33 Å². The van der Waals surface area contributed by atoms with Gasteiger partial charge >= 0.3 is 0 Å². The summed E-state index contributed by atoms with van der Waals surface area (Å²) in [7, 11) is 1.61. The van der Waals surface area contributed by atoms with Crippen molar-refractivity contribution < 1.29 is 19.3 Å². The summed E-state index contributed by atoms with van der Waals surface area (Å²) in [4.78, 5) is 11.2. The first-order valence-electron chi connectivity index (χ1n) is 12.2. The van der Waals surface area contributed by atoms with Crippen molar-refractivity contribution in [3.8, 4) is 11.5 Å². The van der Waals surface area contributed by atoms with E-state index in [-0.39, 0.29) is 12.7 Å². The van der Waals surface area contributed by atoms with Gasteiger partial charge in [0.2, 0.25) is 0 Å². The molecule has 0 aliphatic carbocycles. The second kappa shape index (κ2) is 13.3. The number of ether oxygens (including phenoxy) is 3. The molecule has 1 saturated heterocycles. The molecule has 1 aromatic heterocycles. The van der Waals surface area contributed by atoms with Crippen LogP contribution in [-0.4, -0.2) is 72.6 Å². The molecular formula is C26H32Cl2N4O4. The van der Waals surface area contributed by atoms with E-state index in [4.69, 9.17) is 42.5 Å². The number of methoxy groups -OCH3 is 1. The van der Waals surface area contributed by atoms with Crippen molar-refractivity contribution in [2.24, 2.45) is 0 Å². The zero-order chi connectivity index (χ0) is 25.3. The molecule has 194 valence electrons. The Kier molecular flexibility index (Phi) is 9.83. The molecule has 0 spiro atoms. The van der Waals surface area contributed by atoms with Crippen molar-refractivity contribution in [3.05, 3.63) is 46.7 Å². The third kappa shape index (κ3) is 7.11. The average molecular weight is 535 g/mol. The fraction of sp³-hybridized carbons (Fsp3) is 0.462. The molecule has 0 saturated carbocycles. The first-order valence-corrected chi connectivity index (χ1v) is 13.0. The number of aliphatic hydroxyl groups excluding tert-OH is 1. The fourth-order valence-corrected chi connectivity index (χ4v) is 4.51. The average Bonchev–Trinajstić information content (AvgIpc) is 2.89. The fourth-order valence-electron chi connectivity index (χ4n) is 4.21. The quantitative estimate of drug-likeness (QED) is 0.301. The molecule has 1 aliphatic rings. The Morgan fingerprint density at radius 2 is 1.94 bits per heavy atom. The summed E-state index contributed by atoms with van der Waals surface area (Å²) in [5, 5.41) is 13.9. The maximum Gasteiger partial charge on any atom is 0.163 e. The summed E-state index contributed by atoms with van der Waals surface area (Å²) in [6, 6.07) is 9.03. The molecule has 0 radical (unpaired) electrons. The highest BCUT2D eigenvalue weighted by molar-refractivity contribution is 6.42. The highest BCUT2D eigenvalue weighted by atomic mass is 35.5. The van der Waals surface area contributed by atoms with E-state index < -0.39 is 0 Å². The Bertz CT molecular complexity index is 1150. The SMILES string of the molecule is COc1cc2c(Nc3ccc(Cl)c(Cl)c3)ncnc2cc1OCC1CN(CCCCCCO)CCO1. The lowest BCUT2D eigenvalue weighted by molar-refractivity contribution is -0.0484. The van der Waals surface area contributed by atoms with Crippen LogP contribution in [-0.2, 0) is 4.74 Å². The van der Waals surface area contributed by atoms with Gasteiger partial charge in [-0.2, -0.15) is 0 Å². The zero-order valence-corrected chi connectivity index (χ0v) is 21.9. The van der Waals surface area contributed by atoms with E-state index in [1.54, 1.807) is 19.2 Å². The van der Waals surface area contributed by atoms with Crippen LogP contribution in [0.25, 0.3) is 10.9 Å². The Labute approximate surface area is 221 Å². The van der Waals surface area contributed by atoms with Crippen molar-refractivity contribution in [1.82, 2.24) is 14.9 Å². The van der Waals surface area contributed by atoms with E-state index in [1.807, 2.05) is 18.2 Å². The molecule has 36 heavy (non-hydrogen) atoms. The van der Waals surface area contributed by atoms with E-state index in [9.17, 15) is 0 Å². The number of fused-ring (bicyclic) bond motifs is 1. The summed E-state index contributed by atoms with van der Waals surface area (Å²) in [5.74, 6) is 1.81. The van der Waals surface area contributed by atoms with Gasteiger partial charge in [-0.15, -0.1) is 0 Å². The van der Waals surface area contributed by atoms with Gasteiger partial charge in [-0.05, 0) is 43.7 Å². The van der Waals surface area contributed by atoms with E-state index in [0.717, 1.165) is 61.9 Å². The number of nitrogens with zero attached hydrogens (tertiary/aromatic N) is 3. The number of nitrogens with one attached hydrogen (secondary N) is 1. The predicted octanol–water partition coefficient (Wildman–Crippen LogP) is 5.32. The summed E-state index contributed by atoms with van der Waals surface area (Å²) >= 11 is 12.2. The number of rotatable bonds is 12. The molecule has 2 aromatic carbocycles. The number of benzene rings is 2. The van der Waals surface area contributed by atoms with Gasteiger partial charge in [-0.25, -0.2) is 9.97 Å². The normalized spacial score (nSPS) is 16.3. The smallest absolute Gasteiger partial charge is 0.163 e. The number of aromatic nitrogens is 2. The van der Waals surface area contributed by atoms with Crippen molar-refractivity contribution in [1.29, 1.82) is 0 Å². The molecule has 4 rings (SSSR count). The van der Waals surface area contributed by atoms with Crippen LogP contribution in [0.2, 0.25) is 10.0 Å². The first-order chi connectivity index (χ1) is 17.6. The van der Waals surface area contributed by atoms with Gasteiger partial charge in [-0.1, -0.05) is 36.0 Å². The monoisotopic (exact) mass is 534 g/mol. The van der Waals surface area contributed by atoms with Crippen molar-refractivity contribution in [2.45, 2.75) is 31.8 Å². The molecule has 0 amide bonds. The highest BCUT2D eigenvalue weighted by Gasteiger charge is 2.22. The first kappa shape index (κ1) is 26.7. The molecule has 0 bridgehead atoms. The molecular weight excluding hydrogens is 503 g/mol. The number of halogens is 2. The predicted molar refractivity (Wildman–Crippen MR) is 143 cm³/mol. The van der Waals surface area contributed by atoms with E-state index >= 15 is 0 Å². The van der Waals surface area contributed by atoms with Gasteiger partial charge < -0.3 is 24.6 Å². The minimum atomic E-state index is -0.0196. The van der Waals surface area contributed by atoms with E-state index in [2.05, 4.69) is 20.2 Å². The zero-order valence-electron chi connectivity index (χ0n) is 20.4. The number of hydrogen-bond acceptors (Lipinski definition) is 8. The van der Waals surface area contributed by atoms with Crippen LogP contribution < -0.4 is 14.8 Å². The maximum absolute atomic E-state index is 8.92. The largest absolute Gasteiger partial charge is 0.493 e. The van der Waals surface area contributed by atoms with Gasteiger partial charge in [0, 0.05) is 36.8 Å². The lowest BCUT2D eigenvalue weighted by Crippen LogP contribution is -2.45. The van der Waals surface area contributed by atoms with Crippen molar-refractivity contribution in [3.63, 3.8) is 0 Å². The minimum Gasteiger partial charge on any atom is -0.493 e. The van der Waals surface area contributed by atoms with Gasteiger partial charge in [0.15, 0.2) is 11.5 Å². The van der Waals surface area contributed by atoms with E-state index in [0.29, 0.717) is 40.6 Å². The number of aliphatic hydroxyl groups is 1. The Morgan fingerprint density at radius 3 is 2.75 bits per heavy atom. The highest BCUT2D eigenvalue weighted by Crippen LogP contribution is 2.35. The second-order valence-electron chi connectivity index (χ2n) is 8.74. The van der Waals surface area contributed by atoms with Crippen LogP contribution in [0, 0.1) is 0 Å². The van der Waals surface area contributed by atoms with Gasteiger partial charge in [0.05, 0.1) is 29.3 Å². The van der Waals surface area contributed by atoms with Crippen LogP contribution >= 0.6 is 23.2 Å². The van der Waals surface area contributed by atoms with Crippen LogP contribution in [0.3, 0.4) is 0 Å². The Hall–Kier alpha value is -2.36. The summed E-state index contributed by atoms with van der Waals surface area (Å²) in [6.45, 7) is 4.18. The summed E-state index contributed by atoms with van der Waals surface area (Å²) in [6.07, 6.45) is 5.70. The van der Waals surface area contributed by atoms with Crippen LogP contribution in [0.1, 0.15) is 25.7 Å². The van der Waals surface area contributed by atoms with Gasteiger partial charge in [0.1, 0.15) is 24.9 Å². The molecule has 1 fully saturated rings. The molecule has 1 aliphatic heterocycles. The Balaban J connectivity index is 1.41. The second-order valence-corrected chi connectivity index (χ2v) is 9.55. The number of morpholine rings is 1. The van der Waals surface area contributed by atoms with Crippen LogP contribution in [0.15, 0.2) is 36.7 Å². The molecule has 2 N–H and O–H groups in total. The standard InChI is InChI=1S/C26H32Cl2N4O4/c1-34-24-13-20-23(29-17-30-26(20)31-18-6-7-21(27)22(28)12-18)14-25(24)36-16-19-15-32(9-11-35-19)8-4-2-3-5-10-33/h6-7,12-14,17,19,33H,2-5,8-11,15-16H2,1H3,(H,29,30,31). The summed E-state index contributed by atoms with van der Waals surface area (Å²) in [5.41, 5.74) is 1.48. The topological polar surface area (TPSA) is 89.0 Å². The molecule has 8 nitrogen and oxygen atoms in total. The lowest BCUT2D eigenvalue weighted by atomic mass is 10.2. The minimum absolute atomic E-state index is 0.0196. The number of hydrogen-bond donors (Lipinski definition) is 2. The molecule has 3 aromatic rings. The molecule has 1 unspecified atom stereocenters. The lowest BCUT2D eigenvalue weighted by Gasteiger charge is -2.32. The van der Waals surface area contributed by atoms with Crippen molar-refractivity contribution >= 4 is 45.6 Å². The molecule has 10 heteroatoms. The van der Waals surface area contributed by atoms with Crippen LogP contribution in [0.4, 0.5) is 11.5 Å².